The summed E-state index contributed by atoms with van der Waals surface area (Å²) in [5, 5.41) is 4.08. The molecule has 0 saturated heterocycles. The highest BCUT2D eigenvalue weighted by Gasteiger charge is 2.12. The van der Waals surface area contributed by atoms with Crippen LogP contribution < -0.4 is 21.9 Å². The average molecular weight is 389 g/mol. The number of nitrogen functional groups attached to an aromatic ring is 1. The second-order valence-corrected chi connectivity index (χ2v) is 6.07. The van der Waals surface area contributed by atoms with E-state index >= 15 is 0 Å². The van der Waals surface area contributed by atoms with Crippen molar-refractivity contribution < 1.29 is 9.18 Å². The standard InChI is InChI=1S/C20H16FN7O/c21-13-8-6-12(7-9-13)20(29)28-27-19-17(22)18(24-11-25-19)26-16-5-1-4-15-14(16)3-2-10-23-15/h1-11H,22H2,(H,28,29)(H2,24,25,26,27). The van der Waals surface area contributed by atoms with Crippen LogP contribution in [0.2, 0.25) is 0 Å². The van der Waals surface area contributed by atoms with Gasteiger partial charge in [0, 0.05) is 22.8 Å². The number of hydrazine groups is 1. The zero-order valence-corrected chi connectivity index (χ0v) is 15.1. The zero-order valence-electron chi connectivity index (χ0n) is 15.1. The second-order valence-electron chi connectivity index (χ2n) is 6.07. The summed E-state index contributed by atoms with van der Waals surface area (Å²) in [6.45, 7) is 0. The molecule has 2 aromatic heterocycles. The maximum atomic E-state index is 13.0. The van der Waals surface area contributed by atoms with Gasteiger partial charge in [-0.2, -0.15) is 0 Å². The van der Waals surface area contributed by atoms with Crippen LogP contribution in [0.3, 0.4) is 0 Å². The van der Waals surface area contributed by atoms with Crippen molar-refractivity contribution in [3.8, 4) is 0 Å². The third kappa shape index (κ3) is 3.88. The van der Waals surface area contributed by atoms with Crippen molar-refractivity contribution in [2.75, 3.05) is 16.5 Å². The van der Waals surface area contributed by atoms with Gasteiger partial charge in [0.1, 0.15) is 17.8 Å². The Morgan fingerprint density at radius 3 is 2.55 bits per heavy atom. The van der Waals surface area contributed by atoms with Gasteiger partial charge in [0.05, 0.1) is 5.52 Å². The number of halogens is 1. The Kier molecular flexibility index (Phi) is 4.85. The Hall–Kier alpha value is -4.27. The molecule has 29 heavy (non-hydrogen) atoms. The van der Waals surface area contributed by atoms with Gasteiger partial charge in [0.2, 0.25) is 0 Å². The molecule has 0 bridgehead atoms. The number of nitrogens with one attached hydrogen (secondary N) is 3. The van der Waals surface area contributed by atoms with Crippen molar-refractivity contribution in [2.45, 2.75) is 0 Å². The van der Waals surface area contributed by atoms with E-state index in [1.165, 1.54) is 30.6 Å². The summed E-state index contributed by atoms with van der Waals surface area (Å²) in [6.07, 6.45) is 3.03. The Morgan fingerprint density at radius 2 is 1.72 bits per heavy atom. The first-order valence-electron chi connectivity index (χ1n) is 8.65. The van der Waals surface area contributed by atoms with E-state index in [9.17, 15) is 9.18 Å². The molecule has 0 atom stereocenters. The van der Waals surface area contributed by atoms with Gasteiger partial charge in [-0.05, 0) is 48.5 Å². The number of nitrogens with two attached hydrogens (primary N) is 1. The summed E-state index contributed by atoms with van der Waals surface area (Å²) in [5.74, 6) is -0.294. The van der Waals surface area contributed by atoms with Crippen molar-refractivity contribution in [1.29, 1.82) is 0 Å². The maximum Gasteiger partial charge on any atom is 0.269 e. The van der Waals surface area contributed by atoms with Crippen molar-refractivity contribution in [3.63, 3.8) is 0 Å². The van der Waals surface area contributed by atoms with Crippen molar-refractivity contribution in [1.82, 2.24) is 20.4 Å². The lowest BCUT2D eigenvalue weighted by Gasteiger charge is -2.14. The number of anilines is 4. The van der Waals surface area contributed by atoms with Gasteiger partial charge in [-0.3, -0.25) is 20.6 Å². The number of nitrogens with zero attached hydrogens (tertiary/aromatic N) is 3. The zero-order chi connectivity index (χ0) is 20.2. The Morgan fingerprint density at radius 1 is 0.931 bits per heavy atom. The van der Waals surface area contributed by atoms with E-state index in [0.29, 0.717) is 5.82 Å². The van der Waals surface area contributed by atoms with Crippen LogP contribution in [0, 0.1) is 5.82 Å². The fraction of sp³-hybridized carbons (Fsp3) is 0. The molecule has 0 aliphatic carbocycles. The predicted octanol–water partition coefficient (Wildman–Crippen LogP) is 3.25. The lowest BCUT2D eigenvalue weighted by atomic mass is 10.2. The van der Waals surface area contributed by atoms with Crippen molar-refractivity contribution >= 4 is 39.8 Å². The quantitative estimate of drug-likeness (QED) is 0.387. The lowest BCUT2D eigenvalue weighted by Crippen LogP contribution is -2.30. The van der Waals surface area contributed by atoms with Crippen LogP contribution in [0.1, 0.15) is 10.4 Å². The minimum Gasteiger partial charge on any atom is -0.393 e. The number of carbonyl (C=O) groups is 1. The molecule has 0 radical (unpaired) electrons. The molecule has 0 unspecified atom stereocenters. The number of amides is 1. The normalized spacial score (nSPS) is 10.5. The van der Waals surface area contributed by atoms with Gasteiger partial charge in [0.15, 0.2) is 11.6 Å². The fourth-order valence-corrected chi connectivity index (χ4v) is 2.72. The average Bonchev–Trinajstić information content (AvgIpc) is 2.75. The summed E-state index contributed by atoms with van der Waals surface area (Å²) < 4.78 is 13.0. The molecule has 4 aromatic rings. The van der Waals surface area contributed by atoms with Crippen molar-refractivity contribution in [3.05, 3.63) is 78.5 Å². The van der Waals surface area contributed by atoms with Gasteiger partial charge in [-0.15, -0.1) is 0 Å². The summed E-state index contributed by atoms with van der Waals surface area (Å²) in [4.78, 5) is 24.7. The van der Waals surface area contributed by atoms with E-state index in [-0.39, 0.29) is 17.1 Å². The molecular weight excluding hydrogens is 373 g/mol. The van der Waals surface area contributed by atoms with Crippen LogP contribution in [0.15, 0.2) is 67.1 Å². The number of carbonyl (C=O) groups excluding carboxylic acids is 1. The fourth-order valence-electron chi connectivity index (χ4n) is 2.72. The van der Waals surface area contributed by atoms with Crippen LogP contribution in [0.4, 0.5) is 27.4 Å². The monoisotopic (exact) mass is 389 g/mol. The van der Waals surface area contributed by atoms with Crippen LogP contribution in [-0.2, 0) is 0 Å². The lowest BCUT2D eigenvalue weighted by molar-refractivity contribution is 0.0962. The third-order valence-electron chi connectivity index (χ3n) is 4.18. The topological polar surface area (TPSA) is 118 Å². The van der Waals surface area contributed by atoms with Crippen molar-refractivity contribution in [2.24, 2.45) is 0 Å². The SMILES string of the molecule is Nc1c(NNC(=O)c2ccc(F)cc2)ncnc1Nc1cccc2ncccc12. The number of fused-ring (bicyclic) bond motifs is 1. The molecule has 144 valence electrons. The highest BCUT2D eigenvalue weighted by Crippen LogP contribution is 2.29. The van der Waals surface area contributed by atoms with Crippen LogP contribution in [0.25, 0.3) is 10.9 Å². The molecule has 8 nitrogen and oxygen atoms in total. The molecular formula is C20H16FN7O. The first-order chi connectivity index (χ1) is 14.1. The molecule has 4 rings (SSSR count). The van der Waals surface area contributed by atoms with Gasteiger partial charge in [-0.1, -0.05) is 6.07 Å². The van der Waals surface area contributed by atoms with E-state index in [0.717, 1.165) is 16.6 Å². The van der Waals surface area contributed by atoms with E-state index in [4.69, 9.17) is 5.73 Å². The molecule has 0 saturated carbocycles. The number of hydrogen-bond donors (Lipinski definition) is 4. The highest BCUT2D eigenvalue weighted by molar-refractivity contribution is 5.96. The number of pyridine rings is 1. The molecule has 2 heterocycles. The van der Waals surface area contributed by atoms with Crippen LogP contribution in [-0.4, -0.2) is 20.9 Å². The third-order valence-corrected chi connectivity index (χ3v) is 4.18. The van der Waals surface area contributed by atoms with Gasteiger partial charge in [0.25, 0.3) is 5.91 Å². The largest absolute Gasteiger partial charge is 0.393 e. The molecule has 1 amide bonds. The molecule has 0 aliphatic heterocycles. The summed E-state index contributed by atoms with van der Waals surface area (Å²) in [7, 11) is 0. The number of rotatable bonds is 5. The maximum absolute atomic E-state index is 13.0. The van der Waals surface area contributed by atoms with Crippen LogP contribution in [0.5, 0.6) is 0 Å². The summed E-state index contributed by atoms with van der Waals surface area (Å²) in [5.41, 5.74) is 13.4. The first kappa shape index (κ1) is 18.1. The van der Waals surface area contributed by atoms with Gasteiger partial charge < -0.3 is 11.1 Å². The second kappa shape index (κ2) is 7.77. The number of benzene rings is 2. The molecule has 5 N–H and O–H groups in total. The minimum atomic E-state index is -0.461. The van der Waals surface area contributed by atoms with E-state index in [2.05, 4.69) is 31.1 Å². The summed E-state index contributed by atoms with van der Waals surface area (Å²) in [6, 6.07) is 14.6. The van der Waals surface area contributed by atoms with Gasteiger partial charge in [-0.25, -0.2) is 14.4 Å². The highest BCUT2D eigenvalue weighted by atomic mass is 19.1. The predicted molar refractivity (Wildman–Crippen MR) is 109 cm³/mol. The molecule has 0 aliphatic rings. The van der Waals surface area contributed by atoms with E-state index < -0.39 is 11.7 Å². The molecule has 9 heteroatoms. The molecule has 0 fully saturated rings. The Bertz CT molecular complexity index is 1180. The Labute approximate surface area is 165 Å². The number of hydrogen-bond acceptors (Lipinski definition) is 7. The molecule has 0 spiro atoms. The number of aromatic nitrogens is 3. The summed E-state index contributed by atoms with van der Waals surface area (Å²) >= 11 is 0. The smallest absolute Gasteiger partial charge is 0.269 e. The molecule has 2 aromatic carbocycles. The van der Waals surface area contributed by atoms with Gasteiger partial charge >= 0.3 is 0 Å². The minimum absolute atomic E-state index is 0.216. The van der Waals surface area contributed by atoms with E-state index in [1.54, 1.807) is 6.20 Å². The van der Waals surface area contributed by atoms with Crippen LogP contribution >= 0.6 is 0 Å². The Balaban J connectivity index is 1.53. The first-order valence-corrected chi connectivity index (χ1v) is 8.65. The van der Waals surface area contributed by atoms with E-state index in [1.807, 2.05) is 30.3 Å².